The summed E-state index contributed by atoms with van der Waals surface area (Å²) in [6.45, 7) is 2.33. The summed E-state index contributed by atoms with van der Waals surface area (Å²) in [4.78, 5) is 0. The minimum atomic E-state index is 0.613. The number of hydrogen-bond acceptors (Lipinski definition) is 2. The maximum atomic E-state index is 5.25. The fourth-order valence-electron chi connectivity index (χ4n) is 2.43. The van der Waals surface area contributed by atoms with Crippen molar-refractivity contribution in [3.8, 4) is 5.75 Å². The summed E-state index contributed by atoms with van der Waals surface area (Å²) >= 11 is 0. The van der Waals surface area contributed by atoms with Crippen LogP contribution in [0.4, 0.5) is 0 Å². The highest BCUT2D eigenvalue weighted by Crippen LogP contribution is 2.41. The number of benzene rings is 1. The highest BCUT2D eigenvalue weighted by atomic mass is 16.5. The fourth-order valence-corrected chi connectivity index (χ4v) is 2.43. The first kappa shape index (κ1) is 11.5. The Labute approximate surface area is 98.0 Å². The van der Waals surface area contributed by atoms with Crippen LogP contribution >= 0.6 is 0 Å². The van der Waals surface area contributed by atoms with Gasteiger partial charge >= 0.3 is 0 Å². The van der Waals surface area contributed by atoms with Gasteiger partial charge in [0.1, 0.15) is 5.75 Å². The Kier molecular flexibility index (Phi) is 3.49. The van der Waals surface area contributed by atoms with E-state index in [1.807, 2.05) is 6.07 Å². The van der Waals surface area contributed by atoms with Gasteiger partial charge < -0.3 is 10.1 Å². The van der Waals surface area contributed by atoms with Crippen molar-refractivity contribution in [3.05, 3.63) is 29.8 Å². The lowest BCUT2D eigenvalue weighted by Gasteiger charge is -2.16. The van der Waals surface area contributed by atoms with Crippen LogP contribution in [0.1, 0.15) is 18.9 Å². The van der Waals surface area contributed by atoms with E-state index in [-0.39, 0.29) is 0 Å². The van der Waals surface area contributed by atoms with Gasteiger partial charge in [-0.25, -0.2) is 0 Å². The molecule has 0 saturated heterocycles. The standard InChI is InChI=1S/C14H21NO/c1-10-7-13(10)14(15-2)9-11-5-4-6-12(8-11)16-3/h4-6,8,10,13-15H,7,9H2,1-3H3. The summed E-state index contributed by atoms with van der Waals surface area (Å²) in [5.74, 6) is 2.70. The Balaban J connectivity index is 2.01. The molecule has 1 aliphatic carbocycles. The molecule has 2 rings (SSSR count). The topological polar surface area (TPSA) is 21.3 Å². The van der Waals surface area contributed by atoms with Crippen LogP contribution in [-0.4, -0.2) is 20.2 Å². The molecule has 2 heteroatoms. The van der Waals surface area contributed by atoms with Crippen molar-refractivity contribution in [1.29, 1.82) is 0 Å². The quantitative estimate of drug-likeness (QED) is 0.821. The van der Waals surface area contributed by atoms with Crippen molar-refractivity contribution in [2.45, 2.75) is 25.8 Å². The summed E-state index contributed by atoms with van der Waals surface area (Å²) in [6.07, 6.45) is 2.47. The van der Waals surface area contributed by atoms with Gasteiger partial charge in [-0.05, 0) is 49.4 Å². The maximum Gasteiger partial charge on any atom is 0.119 e. The average molecular weight is 219 g/mol. The molecule has 1 N–H and O–H groups in total. The van der Waals surface area contributed by atoms with Crippen molar-refractivity contribution in [2.24, 2.45) is 11.8 Å². The van der Waals surface area contributed by atoms with Gasteiger partial charge in [0.25, 0.3) is 0 Å². The van der Waals surface area contributed by atoms with Crippen LogP contribution in [0.5, 0.6) is 5.75 Å². The number of hydrogen-bond donors (Lipinski definition) is 1. The van der Waals surface area contributed by atoms with E-state index in [1.54, 1.807) is 7.11 Å². The van der Waals surface area contributed by atoms with Gasteiger partial charge in [0, 0.05) is 6.04 Å². The lowest BCUT2D eigenvalue weighted by Crippen LogP contribution is -2.30. The first-order valence-electron chi connectivity index (χ1n) is 6.04. The molecule has 88 valence electrons. The van der Waals surface area contributed by atoms with Crippen molar-refractivity contribution in [2.75, 3.05) is 14.2 Å². The zero-order valence-corrected chi connectivity index (χ0v) is 10.4. The monoisotopic (exact) mass is 219 g/mol. The number of likely N-dealkylation sites (N-methyl/N-ethyl adjacent to an activating group) is 1. The van der Waals surface area contributed by atoms with Gasteiger partial charge in [-0.3, -0.25) is 0 Å². The predicted molar refractivity (Wildman–Crippen MR) is 66.8 cm³/mol. The zero-order valence-electron chi connectivity index (χ0n) is 10.4. The third kappa shape index (κ3) is 2.56. The summed E-state index contributed by atoms with van der Waals surface area (Å²) in [5.41, 5.74) is 1.36. The van der Waals surface area contributed by atoms with E-state index in [0.717, 1.165) is 24.0 Å². The molecule has 1 fully saturated rings. The second kappa shape index (κ2) is 4.88. The summed E-state index contributed by atoms with van der Waals surface area (Å²) in [6, 6.07) is 8.99. The van der Waals surface area contributed by atoms with E-state index < -0.39 is 0 Å². The minimum Gasteiger partial charge on any atom is -0.497 e. The third-order valence-corrected chi connectivity index (χ3v) is 3.65. The molecule has 0 amide bonds. The molecule has 1 aromatic rings. The van der Waals surface area contributed by atoms with Crippen LogP contribution in [0.2, 0.25) is 0 Å². The Morgan fingerprint density at radius 2 is 2.25 bits per heavy atom. The Morgan fingerprint density at radius 1 is 1.50 bits per heavy atom. The highest BCUT2D eigenvalue weighted by Gasteiger charge is 2.38. The van der Waals surface area contributed by atoms with Crippen molar-refractivity contribution < 1.29 is 4.74 Å². The van der Waals surface area contributed by atoms with Crippen molar-refractivity contribution in [3.63, 3.8) is 0 Å². The molecule has 0 aliphatic heterocycles. The van der Waals surface area contributed by atoms with Gasteiger partial charge in [0.15, 0.2) is 0 Å². The number of nitrogens with one attached hydrogen (secondary N) is 1. The third-order valence-electron chi connectivity index (χ3n) is 3.65. The van der Waals surface area contributed by atoms with Crippen molar-refractivity contribution in [1.82, 2.24) is 5.32 Å². The van der Waals surface area contributed by atoms with Gasteiger partial charge in [-0.15, -0.1) is 0 Å². The zero-order chi connectivity index (χ0) is 11.5. The average Bonchev–Trinajstić information content (AvgIpc) is 3.03. The molecule has 3 atom stereocenters. The number of ether oxygens (including phenoxy) is 1. The number of methoxy groups -OCH3 is 1. The van der Waals surface area contributed by atoms with Gasteiger partial charge in [-0.2, -0.15) is 0 Å². The van der Waals surface area contributed by atoms with Gasteiger partial charge in [-0.1, -0.05) is 19.1 Å². The Bertz CT molecular complexity index is 350. The molecule has 0 spiro atoms. The molecule has 0 aromatic heterocycles. The largest absolute Gasteiger partial charge is 0.497 e. The van der Waals surface area contributed by atoms with Gasteiger partial charge in [0.05, 0.1) is 7.11 Å². The lowest BCUT2D eigenvalue weighted by atomic mass is 10.0. The maximum absolute atomic E-state index is 5.25. The summed E-state index contributed by atoms with van der Waals surface area (Å²) in [7, 11) is 3.79. The SMILES string of the molecule is CNC(Cc1cccc(OC)c1)C1CC1C. The van der Waals surface area contributed by atoms with E-state index in [4.69, 9.17) is 4.74 Å². The molecule has 1 aromatic carbocycles. The normalized spacial score (nSPS) is 25.2. The van der Waals surface area contributed by atoms with Crippen LogP contribution in [0, 0.1) is 11.8 Å². The first-order chi connectivity index (χ1) is 7.74. The second-order valence-electron chi connectivity index (χ2n) is 4.83. The van der Waals surface area contributed by atoms with Crippen molar-refractivity contribution >= 4 is 0 Å². The highest BCUT2D eigenvalue weighted by molar-refractivity contribution is 5.29. The fraction of sp³-hybridized carbons (Fsp3) is 0.571. The second-order valence-corrected chi connectivity index (χ2v) is 4.83. The molecular weight excluding hydrogens is 198 g/mol. The molecule has 0 radical (unpaired) electrons. The van der Waals surface area contributed by atoms with Crippen LogP contribution in [-0.2, 0) is 6.42 Å². The Morgan fingerprint density at radius 3 is 2.81 bits per heavy atom. The van der Waals surface area contributed by atoms with Crippen LogP contribution in [0.3, 0.4) is 0 Å². The molecule has 1 saturated carbocycles. The Hall–Kier alpha value is -1.02. The summed E-state index contributed by atoms with van der Waals surface area (Å²) < 4.78 is 5.25. The number of rotatable bonds is 5. The van der Waals surface area contributed by atoms with E-state index >= 15 is 0 Å². The molecule has 0 heterocycles. The molecule has 16 heavy (non-hydrogen) atoms. The molecular formula is C14H21NO. The molecule has 0 bridgehead atoms. The first-order valence-corrected chi connectivity index (χ1v) is 6.04. The molecule has 1 aliphatic rings. The van der Waals surface area contributed by atoms with E-state index in [9.17, 15) is 0 Å². The van der Waals surface area contributed by atoms with Gasteiger partial charge in [0.2, 0.25) is 0 Å². The minimum absolute atomic E-state index is 0.613. The molecule has 3 unspecified atom stereocenters. The van der Waals surface area contributed by atoms with Crippen LogP contribution in [0.15, 0.2) is 24.3 Å². The smallest absolute Gasteiger partial charge is 0.119 e. The van der Waals surface area contributed by atoms with E-state index in [0.29, 0.717) is 6.04 Å². The lowest BCUT2D eigenvalue weighted by molar-refractivity contribution is 0.413. The summed E-state index contributed by atoms with van der Waals surface area (Å²) in [5, 5.41) is 3.44. The van der Waals surface area contributed by atoms with Crippen LogP contribution < -0.4 is 10.1 Å². The predicted octanol–water partition coefficient (Wildman–Crippen LogP) is 2.48. The van der Waals surface area contributed by atoms with E-state index in [2.05, 4.69) is 37.5 Å². The van der Waals surface area contributed by atoms with E-state index in [1.165, 1.54) is 12.0 Å². The molecule has 2 nitrogen and oxygen atoms in total. The van der Waals surface area contributed by atoms with Crippen LogP contribution in [0.25, 0.3) is 0 Å².